The van der Waals surface area contributed by atoms with Crippen molar-refractivity contribution in [3.8, 4) is 11.3 Å². The van der Waals surface area contributed by atoms with Gasteiger partial charge in [0.1, 0.15) is 10.8 Å². The molecule has 1 fully saturated rings. The Morgan fingerprint density at radius 3 is 2.41 bits per heavy atom. The number of halogens is 2. The van der Waals surface area contributed by atoms with Gasteiger partial charge in [-0.05, 0) is 42.0 Å². The lowest BCUT2D eigenvalue weighted by Gasteiger charge is -2.34. The predicted octanol–water partition coefficient (Wildman–Crippen LogP) is 4.49. The van der Waals surface area contributed by atoms with E-state index in [-0.39, 0.29) is 11.7 Å². The van der Waals surface area contributed by atoms with Crippen molar-refractivity contribution in [2.24, 2.45) is 0 Å². The van der Waals surface area contributed by atoms with E-state index < -0.39 is 0 Å². The fourth-order valence-corrected chi connectivity index (χ4v) is 4.34. The van der Waals surface area contributed by atoms with Gasteiger partial charge in [0.2, 0.25) is 5.91 Å². The number of carbonyl (C=O) groups excluding carboxylic acids is 1. The number of hydrogen-bond donors (Lipinski definition) is 0. The van der Waals surface area contributed by atoms with Gasteiger partial charge in [0.05, 0.1) is 18.7 Å². The zero-order chi connectivity index (χ0) is 20.2. The van der Waals surface area contributed by atoms with Crippen LogP contribution in [0, 0.1) is 5.82 Å². The number of aromatic nitrogens is 1. The summed E-state index contributed by atoms with van der Waals surface area (Å²) in [6, 6.07) is 13.8. The molecule has 29 heavy (non-hydrogen) atoms. The molecule has 1 aromatic heterocycles. The quantitative estimate of drug-likeness (QED) is 0.599. The van der Waals surface area contributed by atoms with Crippen LogP contribution in [0.15, 0.2) is 53.9 Å². The number of nitrogens with zero attached hydrogens (tertiary/aromatic N) is 3. The Bertz CT molecular complexity index is 966. The molecule has 0 radical (unpaired) electrons. The molecular weight excluding hydrogens is 409 g/mol. The van der Waals surface area contributed by atoms with E-state index in [2.05, 4.69) is 9.88 Å². The van der Waals surface area contributed by atoms with E-state index >= 15 is 0 Å². The Morgan fingerprint density at radius 2 is 1.72 bits per heavy atom. The normalized spacial score (nSPS) is 14.9. The molecule has 150 valence electrons. The van der Waals surface area contributed by atoms with Gasteiger partial charge in [-0.2, -0.15) is 0 Å². The average molecular weight is 430 g/mol. The molecule has 0 aliphatic carbocycles. The van der Waals surface area contributed by atoms with Crippen LogP contribution >= 0.6 is 22.9 Å². The summed E-state index contributed by atoms with van der Waals surface area (Å²) in [5.41, 5.74) is 2.78. The van der Waals surface area contributed by atoms with Crippen LogP contribution in [0.3, 0.4) is 0 Å². The number of hydrogen-bond acceptors (Lipinski definition) is 4. The van der Waals surface area contributed by atoms with Crippen LogP contribution < -0.4 is 0 Å². The van der Waals surface area contributed by atoms with E-state index in [4.69, 9.17) is 11.6 Å². The van der Waals surface area contributed by atoms with Crippen LogP contribution in [0.1, 0.15) is 10.6 Å². The summed E-state index contributed by atoms with van der Waals surface area (Å²) < 4.78 is 13.1. The molecule has 0 bridgehead atoms. The third-order valence-corrected chi connectivity index (χ3v) is 6.13. The first-order valence-corrected chi connectivity index (χ1v) is 10.8. The second-order valence-corrected chi connectivity index (χ2v) is 8.47. The van der Waals surface area contributed by atoms with Crippen LogP contribution in [-0.2, 0) is 17.8 Å². The summed E-state index contributed by atoms with van der Waals surface area (Å²) in [4.78, 5) is 21.5. The highest BCUT2D eigenvalue weighted by atomic mass is 35.5. The molecule has 2 heterocycles. The Balaban J connectivity index is 1.28. The molecule has 1 aliphatic rings. The zero-order valence-electron chi connectivity index (χ0n) is 15.9. The Hall–Kier alpha value is -2.28. The minimum absolute atomic E-state index is 0.153. The van der Waals surface area contributed by atoms with Gasteiger partial charge >= 0.3 is 0 Å². The molecular formula is C22H21ClFN3OS. The molecule has 2 aromatic carbocycles. The number of rotatable bonds is 5. The van der Waals surface area contributed by atoms with Crippen LogP contribution in [0.5, 0.6) is 0 Å². The van der Waals surface area contributed by atoms with Crippen molar-refractivity contribution in [3.05, 3.63) is 75.3 Å². The summed E-state index contributed by atoms with van der Waals surface area (Å²) in [6.45, 7) is 3.88. The smallest absolute Gasteiger partial charge is 0.227 e. The molecule has 1 aliphatic heterocycles. The monoisotopic (exact) mass is 429 g/mol. The van der Waals surface area contributed by atoms with Gasteiger partial charge in [0.15, 0.2) is 0 Å². The van der Waals surface area contributed by atoms with Crippen LogP contribution in [0.4, 0.5) is 4.39 Å². The predicted molar refractivity (Wildman–Crippen MR) is 115 cm³/mol. The molecule has 0 saturated carbocycles. The second kappa shape index (κ2) is 9.03. The summed E-state index contributed by atoms with van der Waals surface area (Å²) >= 11 is 7.52. The first kappa shape index (κ1) is 20.0. The Morgan fingerprint density at radius 1 is 1.03 bits per heavy atom. The fraction of sp³-hybridized carbons (Fsp3) is 0.273. The molecule has 3 aromatic rings. The molecule has 7 heteroatoms. The second-order valence-electron chi connectivity index (χ2n) is 7.09. The average Bonchev–Trinajstić information content (AvgIpc) is 3.19. The third kappa shape index (κ3) is 5.21. The standard InChI is InChI=1S/C22H21ClFN3OS/c23-18-5-1-16(2-6-18)13-22(28)27-11-9-26(10-12-27)14-21-25-20(15-29-21)17-3-7-19(24)8-4-17/h1-8,15H,9-14H2. The SMILES string of the molecule is O=C(Cc1ccc(Cl)cc1)N1CCN(Cc2nc(-c3ccc(F)cc3)cs2)CC1. The highest BCUT2D eigenvalue weighted by Gasteiger charge is 2.22. The van der Waals surface area contributed by atoms with Crippen molar-refractivity contribution in [3.63, 3.8) is 0 Å². The number of carbonyl (C=O) groups is 1. The van der Waals surface area contributed by atoms with Crippen LogP contribution in [0.2, 0.25) is 5.02 Å². The van der Waals surface area contributed by atoms with Gasteiger partial charge in [-0.25, -0.2) is 9.37 Å². The molecule has 0 unspecified atom stereocenters. The fourth-order valence-electron chi connectivity index (χ4n) is 3.37. The van der Waals surface area contributed by atoms with E-state index in [0.29, 0.717) is 11.4 Å². The lowest BCUT2D eigenvalue weighted by molar-refractivity contribution is -0.132. The third-order valence-electron chi connectivity index (χ3n) is 5.04. The maximum atomic E-state index is 13.1. The molecule has 0 N–H and O–H groups in total. The van der Waals surface area contributed by atoms with Crippen LogP contribution in [-0.4, -0.2) is 46.9 Å². The first-order chi connectivity index (χ1) is 14.1. The van der Waals surface area contributed by atoms with Gasteiger partial charge in [0.25, 0.3) is 0 Å². The van der Waals surface area contributed by atoms with Crippen molar-refractivity contribution in [2.75, 3.05) is 26.2 Å². The summed E-state index contributed by atoms with van der Waals surface area (Å²) in [5, 5.41) is 3.72. The van der Waals surface area contributed by atoms with Crippen molar-refractivity contribution in [1.29, 1.82) is 0 Å². The molecule has 1 amide bonds. The molecule has 4 nitrogen and oxygen atoms in total. The number of piperazine rings is 1. The van der Waals surface area contributed by atoms with Gasteiger partial charge in [-0.3, -0.25) is 9.69 Å². The van der Waals surface area contributed by atoms with Crippen molar-refractivity contribution in [1.82, 2.24) is 14.8 Å². The van der Waals surface area contributed by atoms with E-state index in [1.165, 1.54) is 12.1 Å². The molecule has 0 spiro atoms. The van der Waals surface area contributed by atoms with Crippen molar-refractivity contribution in [2.45, 2.75) is 13.0 Å². The highest BCUT2D eigenvalue weighted by molar-refractivity contribution is 7.09. The maximum absolute atomic E-state index is 13.1. The van der Waals surface area contributed by atoms with E-state index in [0.717, 1.165) is 54.6 Å². The number of benzene rings is 2. The summed E-state index contributed by atoms with van der Waals surface area (Å²) in [5.74, 6) is -0.0903. The minimum atomic E-state index is -0.243. The Kier molecular flexibility index (Phi) is 6.23. The highest BCUT2D eigenvalue weighted by Crippen LogP contribution is 2.23. The van der Waals surface area contributed by atoms with Gasteiger partial charge in [-0.1, -0.05) is 23.7 Å². The van der Waals surface area contributed by atoms with Crippen LogP contribution in [0.25, 0.3) is 11.3 Å². The molecule has 4 rings (SSSR count). The van der Waals surface area contributed by atoms with Gasteiger partial charge in [0, 0.05) is 42.1 Å². The van der Waals surface area contributed by atoms with E-state index in [1.807, 2.05) is 34.5 Å². The number of thiazole rings is 1. The lowest BCUT2D eigenvalue weighted by atomic mass is 10.1. The summed E-state index contributed by atoms with van der Waals surface area (Å²) in [7, 11) is 0. The topological polar surface area (TPSA) is 36.4 Å². The van der Waals surface area contributed by atoms with Crippen molar-refractivity contribution < 1.29 is 9.18 Å². The van der Waals surface area contributed by atoms with Crippen molar-refractivity contribution >= 4 is 28.8 Å². The largest absolute Gasteiger partial charge is 0.340 e. The van der Waals surface area contributed by atoms with E-state index in [1.54, 1.807) is 23.5 Å². The number of amides is 1. The van der Waals surface area contributed by atoms with Gasteiger partial charge < -0.3 is 4.90 Å². The Labute approximate surface area is 178 Å². The molecule has 0 atom stereocenters. The van der Waals surface area contributed by atoms with Gasteiger partial charge in [-0.15, -0.1) is 11.3 Å². The minimum Gasteiger partial charge on any atom is -0.340 e. The first-order valence-electron chi connectivity index (χ1n) is 9.52. The summed E-state index contributed by atoms with van der Waals surface area (Å²) in [6.07, 6.45) is 0.407. The van der Waals surface area contributed by atoms with E-state index in [9.17, 15) is 9.18 Å². The zero-order valence-corrected chi connectivity index (χ0v) is 17.4. The maximum Gasteiger partial charge on any atom is 0.227 e. The molecule has 1 saturated heterocycles. The lowest BCUT2D eigenvalue weighted by Crippen LogP contribution is -2.48.